The molecule has 0 spiro atoms. The largest absolute Gasteiger partial charge is 0.489 e. The molecule has 0 aliphatic rings. The lowest BCUT2D eigenvalue weighted by Gasteiger charge is -2.13. The Balaban J connectivity index is 1.69. The fourth-order valence-corrected chi connectivity index (χ4v) is 2.85. The summed E-state index contributed by atoms with van der Waals surface area (Å²) in [6.45, 7) is 0.287. The van der Waals surface area contributed by atoms with Crippen molar-refractivity contribution in [1.82, 2.24) is 0 Å². The monoisotopic (exact) mass is 410 g/mol. The van der Waals surface area contributed by atoms with Gasteiger partial charge in [-0.3, -0.25) is 4.79 Å². The van der Waals surface area contributed by atoms with Crippen LogP contribution in [0.1, 0.15) is 21.5 Å². The minimum absolute atomic E-state index is 0.285. The molecule has 4 nitrogen and oxygen atoms in total. The summed E-state index contributed by atoms with van der Waals surface area (Å²) in [4.78, 5) is 12.5. The van der Waals surface area contributed by atoms with Crippen LogP contribution in [0.5, 0.6) is 5.75 Å². The van der Waals surface area contributed by atoms with Gasteiger partial charge in [-0.05, 0) is 42.0 Å². The number of nitrogens with one attached hydrogen (secondary N) is 1. The Morgan fingerprint density at radius 3 is 2.46 bits per heavy atom. The summed E-state index contributed by atoms with van der Waals surface area (Å²) in [7, 11) is 0. The fourth-order valence-electron chi connectivity index (χ4n) is 2.56. The minimum atomic E-state index is -0.285. The van der Waals surface area contributed by atoms with E-state index in [0.29, 0.717) is 33.5 Å². The number of amides is 1. The number of nitriles is 1. The molecule has 1 amide bonds. The van der Waals surface area contributed by atoms with Crippen LogP contribution in [0.25, 0.3) is 0 Å². The van der Waals surface area contributed by atoms with Crippen molar-refractivity contribution in [3.8, 4) is 11.8 Å². The normalized spacial score (nSPS) is 10.2. The van der Waals surface area contributed by atoms with Crippen LogP contribution >= 0.6 is 23.2 Å². The SMILES string of the molecule is N#CCc1ccc(OCc2ccccc2NC(=O)c2ccc(Cl)c(Cl)c2)cc1. The maximum absolute atomic E-state index is 12.5. The first-order chi connectivity index (χ1) is 13.6. The van der Waals surface area contributed by atoms with Crippen molar-refractivity contribution in [1.29, 1.82) is 5.26 Å². The van der Waals surface area contributed by atoms with Gasteiger partial charge in [0.15, 0.2) is 0 Å². The lowest BCUT2D eigenvalue weighted by atomic mass is 10.1. The summed E-state index contributed by atoms with van der Waals surface area (Å²) in [5.41, 5.74) is 2.83. The second kappa shape index (κ2) is 9.27. The number of para-hydroxylation sites is 1. The Bertz CT molecular complexity index is 1030. The van der Waals surface area contributed by atoms with Gasteiger partial charge in [0, 0.05) is 16.8 Å². The van der Waals surface area contributed by atoms with Crippen molar-refractivity contribution in [3.63, 3.8) is 0 Å². The van der Waals surface area contributed by atoms with Crippen LogP contribution in [-0.2, 0) is 13.0 Å². The van der Waals surface area contributed by atoms with E-state index in [0.717, 1.165) is 11.1 Å². The highest BCUT2D eigenvalue weighted by Crippen LogP contribution is 2.24. The highest BCUT2D eigenvalue weighted by Gasteiger charge is 2.11. The molecule has 3 aromatic rings. The van der Waals surface area contributed by atoms with Gasteiger partial charge in [-0.2, -0.15) is 5.26 Å². The van der Waals surface area contributed by atoms with E-state index >= 15 is 0 Å². The number of carbonyl (C=O) groups is 1. The lowest BCUT2D eigenvalue weighted by Crippen LogP contribution is -2.14. The van der Waals surface area contributed by atoms with E-state index in [1.807, 2.05) is 48.5 Å². The Morgan fingerprint density at radius 2 is 1.75 bits per heavy atom. The number of ether oxygens (including phenoxy) is 1. The summed E-state index contributed by atoms with van der Waals surface area (Å²) in [6, 6.07) is 21.6. The van der Waals surface area contributed by atoms with E-state index in [1.54, 1.807) is 12.1 Å². The molecular formula is C22H16Cl2N2O2. The predicted molar refractivity (Wildman–Crippen MR) is 111 cm³/mol. The summed E-state index contributed by atoms with van der Waals surface area (Å²) >= 11 is 11.9. The number of nitrogens with zero attached hydrogens (tertiary/aromatic N) is 1. The third kappa shape index (κ3) is 5.04. The fraction of sp³-hybridized carbons (Fsp3) is 0.0909. The second-order valence-corrected chi connectivity index (χ2v) is 6.82. The molecule has 1 N–H and O–H groups in total. The first kappa shape index (κ1) is 19.8. The zero-order valence-corrected chi connectivity index (χ0v) is 16.3. The maximum Gasteiger partial charge on any atom is 0.255 e. The van der Waals surface area contributed by atoms with Gasteiger partial charge in [-0.25, -0.2) is 0 Å². The van der Waals surface area contributed by atoms with Crippen LogP contribution in [0.2, 0.25) is 10.0 Å². The number of anilines is 1. The Morgan fingerprint density at radius 1 is 1.00 bits per heavy atom. The first-order valence-electron chi connectivity index (χ1n) is 8.50. The number of hydrogen-bond donors (Lipinski definition) is 1. The average molecular weight is 411 g/mol. The Hall–Kier alpha value is -3.00. The molecule has 0 unspecified atom stereocenters. The molecule has 0 heterocycles. The summed E-state index contributed by atoms with van der Waals surface area (Å²) in [5.74, 6) is 0.402. The van der Waals surface area contributed by atoms with E-state index in [9.17, 15) is 4.79 Å². The first-order valence-corrected chi connectivity index (χ1v) is 9.25. The molecule has 0 atom stereocenters. The molecule has 6 heteroatoms. The van der Waals surface area contributed by atoms with E-state index < -0.39 is 0 Å². The molecule has 28 heavy (non-hydrogen) atoms. The molecule has 0 radical (unpaired) electrons. The molecule has 3 rings (SSSR count). The number of rotatable bonds is 6. The van der Waals surface area contributed by atoms with Crippen molar-refractivity contribution in [3.05, 3.63) is 93.5 Å². The number of carbonyl (C=O) groups excluding carboxylic acids is 1. The second-order valence-electron chi connectivity index (χ2n) is 6.01. The minimum Gasteiger partial charge on any atom is -0.489 e. The summed E-state index contributed by atoms with van der Waals surface area (Å²) in [5, 5.41) is 12.3. The zero-order valence-electron chi connectivity index (χ0n) is 14.8. The van der Waals surface area contributed by atoms with E-state index in [1.165, 1.54) is 6.07 Å². The standard InChI is InChI=1S/C22H16Cl2N2O2/c23-19-10-7-16(13-20(19)24)22(27)26-21-4-2-1-3-17(21)14-28-18-8-5-15(6-9-18)11-12-25/h1-10,13H,11,14H2,(H,26,27). The molecule has 0 aromatic heterocycles. The number of halogens is 2. The number of benzene rings is 3. The molecule has 0 fully saturated rings. The molecule has 0 saturated carbocycles. The molecule has 0 aliphatic heterocycles. The van der Waals surface area contributed by atoms with Gasteiger partial charge in [0.1, 0.15) is 12.4 Å². The van der Waals surface area contributed by atoms with Crippen LogP contribution in [0, 0.1) is 11.3 Å². The van der Waals surface area contributed by atoms with Crippen molar-refractivity contribution in [2.24, 2.45) is 0 Å². The molecular weight excluding hydrogens is 395 g/mol. The third-order valence-electron chi connectivity index (χ3n) is 4.05. The molecule has 0 saturated heterocycles. The van der Waals surface area contributed by atoms with E-state index in [2.05, 4.69) is 11.4 Å². The topological polar surface area (TPSA) is 62.1 Å². The van der Waals surface area contributed by atoms with Gasteiger partial charge in [0.25, 0.3) is 5.91 Å². The van der Waals surface area contributed by atoms with Crippen LogP contribution in [0.3, 0.4) is 0 Å². The van der Waals surface area contributed by atoms with Gasteiger partial charge in [-0.15, -0.1) is 0 Å². The van der Waals surface area contributed by atoms with Gasteiger partial charge in [-0.1, -0.05) is 53.5 Å². The van der Waals surface area contributed by atoms with Crippen molar-refractivity contribution < 1.29 is 9.53 Å². The summed E-state index contributed by atoms with van der Waals surface area (Å²) in [6.07, 6.45) is 0.365. The lowest BCUT2D eigenvalue weighted by molar-refractivity contribution is 0.102. The highest BCUT2D eigenvalue weighted by molar-refractivity contribution is 6.42. The van der Waals surface area contributed by atoms with Crippen molar-refractivity contribution in [2.45, 2.75) is 13.0 Å². The molecule has 0 aliphatic carbocycles. The number of hydrogen-bond acceptors (Lipinski definition) is 3. The Kier molecular flexibility index (Phi) is 6.54. The predicted octanol–water partition coefficient (Wildman–Crippen LogP) is 5.89. The van der Waals surface area contributed by atoms with Crippen molar-refractivity contribution in [2.75, 3.05) is 5.32 Å². The zero-order chi connectivity index (χ0) is 19.9. The van der Waals surface area contributed by atoms with Gasteiger partial charge in [0.2, 0.25) is 0 Å². The van der Waals surface area contributed by atoms with Crippen LogP contribution in [0.15, 0.2) is 66.7 Å². The van der Waals surface area contributed by atoms with Crippen LogP contribution < -0.4 is 10.1 Å². The van der Waals surface area contributed by atoms with Gasteiger partial charge >= 0.3 is 0 Å². The third-order valence-corrected chi connectivity index (χ3v) is 4.79. The van der Waals surface area contributed by atoms with Crippen LogP contribution in [-0.4, -0.2) is 5.91 Å². The maximum atomic E-state index is 12.5. The van der Waals surface area contributed by atoms with Crippen LogP contribution in [0.4, 0.5) is 5.69 Å². The average Bonchev–Trinajstić information content (AvgIpc) is 2.70. The highest BCUT2D eigenvalue weighted by atomic mass is 35.5. The Labute approximate surface area is 173 Å². The molecule has 140 valence electrons. The smallest absolute Gasteiger partial charge is 0.255 e. The van der Waals surface area contributed by atoms with E-state index in [4.69, 9.17) is 33.2 Å². The van der Waals surface area contributed by atoms with Gasteiger partial charge in [0.05, 0.1) is 22.5 Å². The quantitative estimate of drug-likeness (QED) is 0.550. The van der Waals surface area contributed by atoms with E-state index in [-0.39, 0.29) is 12.5 Å². The van der Waals surface area contributed by atoms with Crippen molar-refractivity contribution >= 4 is 34.8 Å². The summed E-state index contributed by atoms with van der Waals surface area (Å²) < 4.78 is 5.82. The molecule has 3 aromatic carbocycles. The van der Waals surface area contributed by atoms with Gasteiger partial charge < -0.3 is 10.1 Å². The molecule has 0 bridgehead atoms.